The number of hydrogen-bond donors (Lipinski definition) is 2. The number of pyridine rings is 2. The summed E-state index contributed by atoms with van der Waals surface area (Å²) in [6.07, 6.45) is 3.55. The number of nitrogens with one attached hydrogen (secondary N) is 2. The quantitative estimate of drug-likeness (QED) is 0.614. The van der Waals surface area contributed by atoms with Gasteiger partial charge in [0.25, 0.3) is 11.4 Å². The number of piperidine rings is 1. The summed E-state index contributed by atoms with van der Waals surface area (Å²) in [6.45, 7) is 3.32. The molecule has 0 bridgehead atoms. The van der Waals surface area contributed by atoms with Crippen LogP contribution in [-0.2, 0) is 6.54 Å². The molecule has 172 valence electrons. The van der Waals surface area contributed by atoms with Gasteiger partial charge in [0.1, 0.15) is 18.5 Å². The topological polar surface area (TPSA) is 80.7 Å². The van der Waals surface area contributed by atoms with Crippen molar-refractivity contribution in [2.75, 3.05) is 26.2 Å². The number of aromatic nitrogens is 2. The molecule has 1 aromatic carbocycles. The number of fused-ring (bicyclic) bond motifs is 1. The van der Waals surface area contributed by atoms with E-state index >= 15 is 0 Å². The molecule has 33 heavy (non-hydrogen) atoms. The first kappa shape index (κ1) is 20.6. The van der Waals surface area contributed by atoms with Crippen LogP contribution in [0.2, 0.25) is 0 Å². The highest BCUT2D eigenvalue weighted by Gasteiger charge is 2.31. The number of nitrogens with zero attached hydrogens (tertiary/aromatic N) is 3. The Labute approximate surface area is 190 Å². The maximum absolute atomic E-state index is 14.7. The van der Waals surface area contributed by atoms with E-state index in [2.05, 4.69) is 20.7 Å². The minimum Gasteiger partial charge on any atom is -0.484 e. The third-order valence-electron chi connectivity index (χ3n) is 6.76. The molecule has 0 spiro atoms. The van der Waals surface area contributed by atoms with Crippen LogP contribution in [0.15, 0.2) is 47.4 Å². The predicted octanol–water partition coefficient (Wildman–Crippen LogP) is 1.99. The van der Waals surface area contributed by atoms with Crippen molar-refractivity contribution >= 4 is 10.9 Å². The van der Waals surface area contributed by atoms with E-state index in [-0.39, 0.29) is 23.5 Å². The number of ether oxygens (including phenoxy) is 2. The highest BCUT2D eigenvalue weighted by molar-refractivity contribution is 5.84. The standard InChI is InChI=1S/C24H26FN5O3/c25-18-5-3-15-4-6-21(31)30-13-19(22(18)23(15)30)28-29-10-7-16(8-11-29)27-12-17-14-32-20-2-1-9-26-24(20)33-17/h1-6,9,16-17,19,27-28H,7-8,10-14H2/t17-,19?/m0/s1. The molecule has 1 fully saturated rings. The Hall–Kier alpha value is -3.01. The summed E-state index contributed by atoms with van der Waals surface area (Å²) >= 11 is 0. The van der Waals surface area contributed by atoms with E-state index in [1.54, 1.807) is 29.0 Å². The number of rotatable bonds is 5. The van der Waals surface area contributed by atoms with Crippen LogP contribution in [0, 0.1) is 5.82 Å². The van der Waals surface area contributed by atoms with Crippen LogP contribution < -0.4 is 25.8 Å². The summed E-state index contributed by atoms with van der Waals surface area (Å²) in [7, 11) is 0. The van der Waals surface area contributed by atoms with Gasteiger partial charge in [-0.2, -0.15) is 0 Å². The molecule has 9 heteroatoms. The van der Waals surface area contributed by atoms with Gasteiger partial charge < -0.3 is 19.4 Å². The minimum atomic E-state index is -0.265. The van der Waals surface area contributed by atoms with Crippen molar-refractivity contribution in [2.45, 2.75) is 37.6 Å². The minimum absolute atomic E-state index is 0.0673. The monoisotopic (exact) mass is 451 g/mol. The molecule has 0 radical (unpaired) electrons. The first-order chi connectivity index (χ1) is 16.2. The van der Waals surface area contributed by atoms with Crippen LogP contribution in [0.4, 0.5) is 4.39 Å². The Morgan fingerprint density at radius 1 is 1.15 bits per heavy atom. The fraction of sp³-hybridized carbons (Fsp3) is 0.417. The second-order valence-corrected chi connectivity index (χ2v) is 8.89. The van der Waals surface area contributed by atoms with Crippen molar-refractivity contribution in [2.24, 2.45) is 0 Å². The fourth-order valence-corrected chi connectivity index (χ4v) is 5.07. The van der Waals surface area contributed by atoms with Crippen LogP contribution in [0.5, 0.6) is 11.6 Å². The van der Waals surface area contributed by atoms with Gasteiger partial charge in [0.05, 0.1) is 11.6 Å². The van der Waals surface area contributed by atoms with Gasteiger partial charge in [-0.3, -0.25) is 4.79 Å². The Morgan fingerprint density at radius 2 is 2.00 bits per heavy atom. The van der Waals surface area contributed by atoms with Crippen LogP contribution in [0.1, 0.15) is 24.4 Å². The van der Waals surface area contributed by atoms with E-state index in [0.29, 0.717) is 48.4 Å². The third kappa shape index (κ3) is 3.86. The molecule has 2 atom stereocenters. The Morgan fingerprint density at radius 3 is 2.88 bits per heavy atom. The Kier molecular flexibility index (Phi) is 5.24. The van der Waals surface area contributed by atoms with E-state index in [1.165, 1.54) is 6.07 Å². The number of hydrazine groups is 1. The molecule has 0 saturated carbocycles. The van der Waals surface area contributed by atoms with Gasteiger partial charge in [-0.05, 0) is 48.6 Å². The van der Waals surface area contributed by atoms with Crippen LogP contribution >= 0.6 is 0 Å². The molecule has 1 unspecified atom stereocenters. The van der Waals surface area contributed by atoms with Crippen molar-refractivity contribution in [3.63, 3.8) is 0 Å². The van der Waals surface area contributed by atoms with Gasteiger partial charge in [-0.1, -0.05) is 0 Å². The molecule has 0 amide bonds. The van der Waals surface area contributed by atoms with E-state index < -0.39 is 0 Å². The lowest BCUT2D eigenvalue weighted by Crippen LogP contribution is -2.51. The molecular formula is C24H26FN5O3. The molecule has 2 N–H and O–H groups in total. The first-order valence-corrected chi connectivity index (χ1v) is 11.5. The predicted molar refractivity (Wildman–Crippen MR) is 121 cm³/mol. The smallest absolute Gasteiger partial charge is 0.257 e. The van der Waals surface area contributed by atoms with E-state index in [4.69, 9.17) is 9.47 Å². The molecule has 1 saturated heterocycles. The fourth-order valence-electron chi connectivity index (χ4n) is 5.07. The zero-order valence-electron chi connectivity index (χ0n) is 18.2. The zero-order chi connectivity index (χ0) is 22.4. The van der Waals surface area contributed by atoms with Crippen molar-refractivity contribution in [1.82, 2.24) is 25.3 Å². The van der Waals surface area contributed by atoms with Crippen molar-refractivity contribution < 1.29 is 13.9 Å². The van der Waals surface area contributed by atoms with E-state index in [9.17, 15) is 9.18 Å². The van der Waals surface area contributed by atoms with Gasteiger partial charge in [-0.25, -0.2) is 19.8 Å². The Bertz CT molecular complexity index is 1240. The SMILES string of the molecule is O=c1ccc2ccc(F)c3c2n1CC3NN1CCC(NC[C@H]2COc3cccnc3O2)CC1. The van der Waals surface area contributed by atoms with Crippen LogP contribution in [0.3, 0.4) is 0 Å². The maximum Gasteiger partial charge on any atom is 0.257 e. The van der Waals surface area contributed by atoms with Crippen molar-refractivity contribution in [3.8, 4) is 11.6 Å². The third-order valence-corrected chi connectivity index (χ3v) is 6.76. The molecule has 8 nitrogen and oxygen atoms in total. The summed E-state index contributed by atoms with van der Waals surface area (Å²) < 4.78 is 28.1. The lowest BCUT2D eigenvalue weighted by atomic mass is 10.0. The maximum atomic E-state index is 14.7. The van der Waals surface area contributed by atoms with Crippen LogP contribution in [0.25, 0.3) is 10.9 Å². The van der Waals surface area contributed by atoms with E-state index in [0.717, 1.165) is 31.3 Å². The molecule has 6 rings (SSSR count). The highest BCUT2D eigenvalue weighted by atomic mass is 19.1. The molecule has 3 aliphatic heterocycles. The van der Waals surface area contributed by atoms with Crippen LogP contribution in [-0.4, -0.2) is 52.9 Å². The molecule has 3 aliphatic rings. The Balaban J connectivity index is 1.04. The average molecular weight is 452 g/mol. The second kappa shape index (κ2) is 8.40. The lowest BCUT2D eigenvalue weighted by Gasteiger charge is -2.35. The summed E-state index contributed by atoms with van der Waals surface area (Å²) in [5.41, 5.74) is 4.70. The number of benzene rings is 1. The average Bonchev–Trinajstić information content (AvgIpc) is 3.23. The highest BCUT2D eigenvalue weighted by Crippen LogP contribution is 2.33. The number of halogens is 1. The molecule has 2 aromatic heterocycles. The molecule has 0 aliphatic carbocycles. The second-order valence-electron chi connectivity index (χ2n) is 8.89. The van der Waals surface area contributed by atoms with Crippen molar-refractivity contribution in [1.29, 1.82) is 0 Å². The van der Waals surface area contributed by atoms with Gasteiger partial charge in [0.2, 0.25) is 0 Å². The number of hydrogen-bond acceptors (Lipinski definition) is 7. The largest absolute Gasteiger partial charge is 0.484 e. The lowest BCUT2D eigenvalue weighted by molar-refractivity contribution is 0.0731. The van der Waals surface area contributed by atoms with E-state index in [1.807, 2.05) is 12.1 Å². The first-order valence-electron chi connectivity index (χ1n) is 11.5. The van der Waals surface area contributed by atoms with Gasteiger partial charge in [-0.15, -0.1) is 0 Å². The molecule has 3 aromatic rings. The summed E-state index contributed by atoms with van der Waals surface area (Å²) in [5, 5.41) is 6.64. The van der Waals surface area contributed by atoms with Crippen molar-refractivity contribution in [3.05, 3.63) is 64.3 Å². The molecule has 5 heterocycles. The zero-order valence-corrected chi connectivity index (χ0v) is 18.2. The summed E-state index contributed by atoms with van der Waals surface area (Å²) in [4.78, 5) is 16.6. The normalized spacial score (nSPS) is 22.7. The summed E-state index contributed by atoms with van der Waals surface area (Å²) in [6, 6.07) is 10.4. The summed E-state index contributed by atoms with van der Waals surface area (Å²) in [5.74, 6) is 0.976. The molecular weight excluding hydrogens is 425 g/mol. The van der Waals surface area contributed by atoms with Gasteiger partial charge >= 0.3 is 0 Å². The van der Waals surface area contributed by atoms with Gasteiger partial charge in [0, 0.05) is 50.0 Å². The van der Waals surface area contributed by atoms with Gasteiger partial charge in [0.15, 0.2) is 5.75 Å².